The van der Waals surface area contributed by atoms with Gasteiger partial charge in [-0.05, 0) is 35.2 Å². The predicted octanol–water partition coefficient (Wildman–Crippen LogP) is 3.22. The van der Waals surface area contributed by atoms with E-state index in [1.54, 1.807) is 19.4 Å². The van der Waals surface area contributed by atoms with Gasteiger partial charge in [-0.3, -0.25) is 9.78 Å². The van der Waals surface area contributed by atoms with E-state index in [0.717, 1.165) is 15.8 Å². The molecule has 10 heteroatoms. The minimum absolute atomic E-state index is 0.216. The van der Waals surface area contributed by atoms with E-state index in [9.17, 15) is 9.59 Å². The van der Waals surface area contributed by atoms with Crippen molar-refractivity contribution in [2.45, 2.75) is 26.2 Å². The predicted molar refractivity (Wildman–Crippen MR) is 113 cm³/mol. The SMILES string of the molecule is COc1ncc(Cc2c(Cl)cc(-n3nc(C#N)c(=O)[nH]c3=O)cc2Cl)cc1C(C)C. The summed E-state index contributed by atoms with van der Waals surface area (Å²) in [5.41, 5.74) is 0.606. The standard InChI is InChI=1S/C20H17Cl2N5O3/c1-10(2)13-4-11(9-24-19(13)30-3)5-14-15(21)6-12(7-16(14)22)27-20(29)25-18(28)17(8-23)26-27/h4,6-7,9-10H,5H2,1-3H3,(H,25,28,29). The number of hydrogen-bond donors (Lipinski definition) is 1. The topological polar surface area (TPSA) is 114 Å². The minimum Gasteiger partial charge on any atom is -0.481 e. The summed E-state index contributed by atoms with van der Waals surface area (Å²) in [7, 11) is 1.57. The van der Waals surface area contributed by atoms with Crippen LogP contribution in [0.5, 0.6) is 5.88 Å². The molecule has 0 aliphatic carbocycles. The van der Waals surface area contributed by atoms with Gasteiger partial charge < -0.3 is 4.74 Å². The minimum atomic E-state index is -0.861. The third kappa shape index (κ3) is 4.22. The van der Waals surface area contributed by atoms with Crippen LogP contribution in [-0.4, -0.2) is 26.9 Å². The van der Waals surface area contributed by atoms with E-state index in [0.29, 0.717) is 27.9 Å². The Labute approximate surface area is 181 Å². The number of ether oxygens (including phenoxy) is 1. The molecule has 0 amide bonds. The molecule has 0 fully saturated rings. The summed E-state index contributed by atoms with van der Waals surface area (Å²) >= 11 is 12.9. The lowest BCUT2D eigenvalue weighted by Crippen LogP contribution is -2.33. The number of pyridine rings is 1. The van der Waals surface area contributed by atoms with Gasteiger partial charge in [-0.25, -0.2) is 9.78 Å². The van der Waals surface area contributed by atoms with E-state index in [-0.39, 0.29) is 11.6 Å². The highest BCUT2D eigenvalue weighted by atomic mass is 35.5. The van der Waals surface area contributed by atoms with Crippen molar-refractivity contribution in [1.29, 1.82) is 5.26 Å². The Hall–Kier alpha value is -3.15. The molecule has 1 N–H and O–H groups in total. The van der Waals surface area contributed by atoms with Crippen molar-refractivity contribution in [2.24, 2.45) is 0 Å². The Morgan fingerprint density at radius 2 is 1.90 bits per heavy atom. The number of aromatic nitrogens is 4. The quantitative estimate of drug-likeness (QED) is 0.644. The molecular weight excluding hydrogens is 429 g/mol. The molecule has 0 unspecified atom stereocenters. The molecule has 0 aliphatic heterocycles. The molecule has 2 heterocycles. The third-order valence-electron chi connectivity index (χ3n) is 4.44. The van der Waals surface area contributed by atoms with Gasteiger partial charge in [-0.1, -0.05) is 37.0 Å². The summed E-state index contributed by atoms with van der Waals surface area (Å²) in [6.07, 6.45) is 2.10. The summed E-state index contributed by atoms with van der Waals surface area (Å²) in [5, 5.41) is 13.4. The molecule has 0 saturated carbocycles. The monoisotopic (exact) mass is 445 g/mol. The molecule has 0 bridgehead atoms. The second-order valence-corrected chi connectivity index (χ2v) is 7.61. The Balaban J connectivity index is 2.03. The number of benzene rings is 1. The fourth-order valence-electron chi connectivity index (χ4n) is 2.93. The van der Waals surface area contributed by atoms with E-state index in [2.05, 4.69) is 10.1 Å². The van der Waals surface area contributed by atoms with Crippen molar-refractivity contribution in [2.75, 3.05) is 7.11 Å². The first-order valence-corrected chi connectivity index (χ1v) is 9.65. The first kappa shape index (κ1) is 21.6. The summed E-state index contributed by atoms with van der Waals surface area (Å²) < 4.78 is 6.18. The number of halogens is 2. The van der Waals surface area contributed by atoms with Crippen molar-refractivity contribution in [3.05, 3.63) is 77.7 Å². The number of nitrogens with one attached hydrogen (secondary N) is 1. The normalized spacial score (nSPS) is 10.8. The molecule has 0 aliphatic rings. The molecule has 1 aromatic carbocycles. The van der Waals surface area contributed by atoms with E-state index in [1.807, 2.05) is 24.9 Å². The largest absolute Gasteiger partial charge is 0.481 e. The Kier molecular flexibility index (Phi) is 6.25. The lowest BCUT2D eigenvalue weighted by molar-refractivity contribution is 0.390. The van der Waals surface area contributed by atoms with Gasteiger partial charge in [0, 0.05) is 28.2 Å². The summed E-state index contributed by atoms with van der Waals surface area (Å²) in [4.78, 5) is 30.0. The molecule has 0 radical (unpaired) electrons. The smallest absolute Gasteiger partial charge is 0.349 e. The maximum absolute atomic E-state index is 12.1. The van der Waals surface area contributed by atoms with Gasteiger partial charge in [-0.15, -0.1) is 5.10 Å². The lowest BCUT2D eigenvalue weighted by atomic mass is 9.99. The number of nitrogens with zero attached hydrogens (tertiary/aromatic N) is 4. The first-order valence-electron chi connectivity index (χ1n) is 8.90. The van der Waals surface area contributed by atoms with Crippen molar-refractivity contribution >= 4 is 23.2 Å². The Bertz CT molecular complexity index is 1250. The summed E-state index contributed by atoms with van der Waals surface area (Å²) in [6, 6.07) is 6.62. The number of methoxy groups -OCH3 is 1. The number of H-pyrrole nitrogens is 1. The van der Waals surface area contributed by atoms with Crippen LogP contribution in [0, 0.1) is 11.3 Å². The van der Waals surface area contributed by atoms with Gasteiger partial charge in [0.15, 0.2) is 0 Å². The van der Waals surface area contributed by atoms with Gasteiger partial charge in [0.2, 0.25) is 11.6 Å². The van der Waals surface area contributed by atoms with Crippen LogP contribution in [0.15, 0.2) is 34.0 Å². The molecule has 3 rings (SSSR count). The van der Waals surface area contributed by atoms with Gasteiger partial charge in [0.05, 0.1) is 12.8 Å². The Morgan fingerprint density at radius 1 is 1.23 bits per heavy atom. The first-order chi connectivity index (χ1) is 14.2. The number of aromatic amines is 1. The summed E-state index contributed by atoms with van der Waals surface area (Å²) in [6.45, 7) is 4.09. The zero-order valence-corrected chi connectivity index (χ0v) is 17.9. The van der Waals surface area contributed by atoms with Gasteiger partial charge in [-0.2, -0.15) is 9.94 Å². The zero-order valence-electron chi connectivity index (χ0n) is 16.4. The van der Waals surface area contributed by atoms with Crippen LogP contribution in [0.25, 0.3) is 5.69 Å². The van der Waals surface area contributed by atoms with Crippen LogP contribution in [0.3, 0.4) is 0 Å². The average molecular weight is 446 g/mol. The van der Waals surface area contributed by atoms with Crippen LogP contribution in [0.1, 0.15) is 42.1 Å². The van der Waals surface area contributed by atoms with Gasteiger partial charge >= 0.3 is 5.69 Å². The number of hydrogen-bond acceptors (Lipinski definition) is 6. The molecule has 0 saturated heterocycles. The number of rotatable bonds is 5. The molecule has 0 atom stereocenters. The molecule has 30 heavy (non-hydrogen) atoms. The van der Waals surface area contributed by atoms with Crippen LogP contribution < -0.4 is 16.0 Å². The Morgan fingerprint density at radius 3 is 2.47 bits per heavy atom. The molecule has 154 valence electrons. The second-order valence-electron chi connectivity index (χ2n) is 6.79. The molecule has 2 aromatic heterocycles. The van der Waals surface area contributed by atoms with Crippen LogP contribution in [0.4, 0.5) is 0 Å². The third-order valence-corrected chi connectivity index (χ3v) is 5.11. The average Bonchev–Trinajstić information content (AvgIpc) is 2.70. The van der Waals surface area contributed by atoms with E-state index in [4.69, 9.17) is 33.2 Å². The highest BCUT2D eigenvalue weighted by molar-refractivity contribution is 6.36. The molecule has 3 aromatic rings. The molecular formula is C20H17Cl2N5O3. The van der Waals surface area contributed by atoms with Crippen LogP contribution in [-0.2, 0) is 6.42 Å². The van der Waals surface area contributed by atoms with Gasteiger partial charge in [0.25, 0.3) is 5.56 Å². The lowest BCUT2D eigenvalue weighted by Gasteiger charge is -2.14. The highest BCUT2D eigenvalue weighted by Crippen LogP contribution is 2.31. The van der Waals surface area contributed by atoms with E-state index >= 15 is 0 Å². The number of nitriles is 1. The zero-order chi connectivity index (χ0) is 22.0. The maximum Gasteiger partial charge on any atom is 0.349 e. The van der Waals surface area contributed by atoms with Crippen molar-refractivity contribution in [3.63, 3.8) is 0 Å². The fraction of sp³-hybridized carbons (Fsp3) is 0.250. The maximum atomic E-state index is 12.1. The van der Waals surface area contributed by atoms with E-state index in [1.165, 1.54) is 12.1 Å². The van der Waals surface area contributed by atoms with Crippen LogP contribution in [0.2, 0.25) is 10.0 Å². The van der Waals surface area contributed by atoms with Crippen molar-refractivity contribution in [3.8, 4) is 17.6 Å². The fourth-order valence-corrected chi connectivity index (χ4v) is 3.54. The van der Waals surface area contributed by atoms with Crippen molar-refractivity contribution < 1.29 is 4.74 Å². The highest BCUT2D eigenvalue weighted by Gasteiger charge is 2.16. The molecule has 8 nitrogen and oxygen atoms in total. The van der Waals surface area contributed by atoms with Crippen molar-refractivity contribution in [1.82, 2.24) is 19.7 Å². The summed E-state index contributed by atoms with van der Waals surface area (Å²) in [5.74, 6) is 0.784. The second kappa shape index (κ2) is 8.69. The van der Waals surface area contributed by atoms with E-state index < -0.39 is 16.9 Å². The van der Waals surface area contributed by atoms with Gasteiger partial charge in [0.1, 0.15) is 6.07 Å². The van der Waals surface area contributed by atoms with Crippen LogP contribution >= 0.6 is 23.2 Å². The molecule has 0 spiro atoms.